The highest BCUT2D eigenvalue weighted by atomic mass is 15.2. The monoisotopic (exact) mass is 1430 g/mol. The summed E-state index contributed by atoms with van der Waals surface area (Å²) in [6.45, 7) is 6.90. The van der Waals surface area contributed by atoms with Crippen LogP contribution < -0.4 is 26.2 Å². The first kappa shape index (κ1) is 64.9. The van der Waals surface area contributed by atoms with Gasteiger partial charge in [-0.05, 0) is 169 Å². The topological polar surface area (TPSA) is 21.3 Å². The fraction of sp³-hybridized carbons (Fsp3) is 0.0377. The molecule has 0 radical (unpaired) electrons. The third-order valence-electron chi connectivity index (χ3n) is 23.7. The molecular formula is C106H74BN5. The Labute approximate surface area is 651 Å². The second-order valence-corrected chi connectivity index (χ2v) is 31.1. The van der Waals surface area contributed by atoms with Crippen molar-refractivity contribution in [1.82, 2.24) is 13.7 Å². The zero-order chi connectivity index (χ0) is 74.3. The van der Waals surface area contributed by atoms with E-state index in [-0.39, 0.29) is 12.1 Å². The molecule has 0 amide bonds. The maximum absolute atomic E-state index is 2.73. The van der Waals surface area contributed by atoms with Gasteiger partial charge in [0.1, 0.15) is 0 Å². The number of anilines is 6. The van der Waals surface area contributed by atoms with Crippen LogP contribution in [0.5, 0.6) is 0 Å². The Morgan fingerprint density at radius 2 is 0.518 bits per heavy atom. The highest BCUT2D eigenvalue weighted by Gasteiger charge is 2.47. The van der Waals surface area contributed by atoms with Gasteiger partial charge in [-0.15, -0.1) is 0 Å². The molecule has 112 heavy (non-hydrogen) atoms. The van der Waals surface area contributed by atoms with Crippen LogP contribution in [0.4, 0.5) is 34.1 Å². The summed E-state index contributed by atoms with van der Waals surface area (Å²) in [6, 6.07) is 148. The van der Waals surface area contributed by atoms with Crippen LogP contribution in [-0.4, -0.2) is 20.4 Å². The molecule has 0 aliphatic carbocycles. The third-order valence-corrected chi connectivity index (χ3v) is 23.7. The van der Waals surface area contributed by atoms with Gasteiger partial charge in [-0.25, -0.2) is 0 Å². The lowest BCUT2D eigenvalue weighted by Gasteiger charge is -2.46. The number of hydrogen-bond donors (Lipinski definition) is 0. The van der Waals surface area contributed by atoms with Crippen molar-refractivity contribution in [1.29, 1.82) is 0 Å². The number of nitrogens with zero attached hydrogens (tertiary/aromatic N) is 5. The van der Waals surface area contributed by atoms with Crippen LogP contribution >= 0.6 is 0 Å². The average Bonchev–Trinajstić information content (AvgIpc) is 0.767. The van der Waals surface area contributed by atoms with Gasteiger partial charge < -0.3 is 23.5 Å². The zero-order valence-electron chi connectivity index (χ0n) is 62.3. The summed E-state index contributed by atoms with van der Waals surface area (Å²) in [7, 11) is 0. The van der Waals surface area contributed by atoms with E-state index in [4.69, 9.17) is 0 Å². The summed E-state index contributed by atoms with van der Waals surface area (Å²) in [4.78, 5) is 5.45. The molecular weight excluding hydrogens is 1350 g/mol. The van der Waals surface area contributed by atoms with E-state index in [1.807, 2.05) is 0 Å². The number of aromatic nitrogens is 3. The first-order chi connectivity index (χ1) is 55.3. The van der Waals surface area contributed by atoms with Gasteiger partial charge in [0.25, 0.3) is 6.71 Å². The Morgan fingerprint density at radius 1 is 0.223 bits per heavy atom. The van der Waals surface area contributed by atoms with Crippen molar-refractivity contribution in [2.24, 2.45) is 0 Å². The number of rotatable bonds is 11. The molecule has 3 aromatic heterocycles. The van der Waals surface area contributed by atoms with Gasteiger partial charge in [-0.1, -0.05) is 318 Å². The molecule has 0 N–H and O–H groups in total. The Balaban J connectivity index is 0.925. The highest BCUT2D eigenvalue weighted by Crippen LogP contribution is 2.56. The largest absolute Gasteiger partial charge is 0.310 e. The van der Waals surface area contributed by atoms with Crippen molar-refractivity contribution < 1.29 is 0 Å². The molecule has 0 atom stereocenters. The van der Waals surface area contributed by atoms with Crippen LogP contribution in [0.2, 0.25) is 0 Å². The van der Waals surface area contributed by atoms with Crippen molar-refractivity contribution >= 4 is 123 Å². The Kier molecular flexibility index (Phi) is 14.9. The lowest BCUT2D eigenvalue weighted by molar-refractivity contribution is 0.590. The standard InChI is InChI=1S/C106H74BN5/c1-106(2,3)77-65-99-101-100(66-77)112(103-89(73-41-19-8-20-42-73)63-76(70-35-13-5-14-36-70)64-90(103)74-43-21-9-22-44-74)98-68-80(110-96-54-32-28-50-84(96)86-58-57-85-83-49-27-31-53-95(83)109(104(85)105(86)110)78-45-23-10-24-46-78)56-60-92(98)107(101)91-59-55-79(108-93-51-29-25-47-81(93)82-48-26-30-52-94(82)108)67-97(91)111(99)102-87(71-37-15-6-16-38-71)61-75(69-33-11-4-12-34-69)62-88(102)72-39-17-7-18-40-72/h4-68H,1-3H3. The summed E-state index contributed by atoms with van der Waals surface area (Å²) in [5.41, 5.74) is 34.9. The molecule has 0 spiro atoms. The molecule has 5 heterocycles. The van der Waals surface area contributed by atoms with E-state index < -0.39 is 0 Å². The van der Waals surface area contributed by atoms with Crippen LogP contribution in [0.1, 0.15) is 26.3 Å². The number of para-hydroxylation sites is 5. The summed E-state index contributed by atoms with van der Waals surface area (Å²) >= 11 is 0. The van der Waals surface area contributed by atoms with Gasteiger partial charge in [-0.2, -0.15) is 0 Å². The minimum Gasteiger partial charge on any atom is -0.310 e. The second kappa shape index (κ2) is 25.7. The second-order valence-electron chi connectivity index (χ2n) is 31.1. The first-order valence-electron chi connectivity index (χ1n) is 39.0. The van der Waals surface area contributed by atoms with E-state index in [0.717, 1.165) is 151 Å². The van der Waals surface area contributed by atoms with Gasteiger partial charge in [0.2, 0.25) is 0 Å². The molecule has 17 aromatic carbocycles. The maximum atomic E-state index is 2.73. The van der Waals surface area contributed by atoms with Crippen LogP contribution in [-0.2, 0) is 5.41 Å². The van der Waals surface area contributed by atoms with Crippen molar-refractivity contribution in [2.75, 3.05) is 9.80 Å². The zero-order valence-corrected chi connectivity index (χ0v) is 62.3. The number of benzene rings is 17. The summed E-state index contributed by atoms with van der Waals surface area (Å²) < 4.78 is 7.60. The molecule has 6 heteroatoms. The molecule has 0 saturated carbocycles. The van der Waals surface area contributed by atoms with Crippen molar-refractivity contribution in [2.45, 2.75) is 26.2 Å². The lowest BCUT2D eigenvalue weighted by atomic mass is 9.33. The Bertz CT molecular complexity index is 6970. The molecule has 0 bridgehead atoms. The molecule has 0 fully saturated rings. The van der Waals surface area contributed by atoms with Crippen molar-refractivity contribution in [3.05, 3.63) is 400 Å². The minimum absolute atomic E-state index is 0.295. The molecule has 5 nitrogen and oxygen atoms in total. The predicted molar refractivity (Wildman–Crippen MR) is 475 cm³/mol. The van der Waals surface area contributed by atoms with E-state index in [1.54, 1.807) is 0 Å². The van der Waals surface area contributed by atoms with Crippen molar-refractivity contribution in [3.63, 3.8) is 0 Å². The fourth-order valence-corrected chi connectivity index (χ4v) is 18.7. The first-order valence-corrected chi connectivity index (χ1v) is 39.0. The molecule has 0 saturated heterocycles. The summed E-state index contributed by atoms with van der Waals surface area (Å²) in [5.74, 6) is 0. The normalized spacial score (nSPS) is 12.5. The van der Waals surface area contributed by atoms with Gasteiger partial charge in [0, 0.05) is 94.4 Å². The van der Waals surface area contributed by atoms with E-state index in [2.05, 4.69) is 439 Å². The van der Waals surface area contributed by atoms with Gasteiger partial charge in [0.15, 0.2) is 0 Å². The van der Waals surface area contributed by atoms with Crippen LogP contribution in [0.3, 0.4) is 0 Å². The molecule has 2 aliphatic heterocycles. The third kappa shape index (κ3) is 10.2. The maximum Gasteiger partial charge on any atom is 0.252 e. The lowest BCUT2D eigenvalue weighted by Crippen LogP contribution is -2.61. The minimum atomic E-state index is -0.374. The summed E-state index contributed by atoms with van der Waals surface area (Å²) in [6.07, 6.45) is 0. The Hall–Kier alpha value is -14.2. The van der Waals surface area contributed by atoms with E-state index in [1.165, 1.54) is 54.3 Å². The number of fused-ring (bicyclic) bond motifs is 14. The Morgan fingerprint density at radius 3 is 0.875 bits per heavy atom. The van der Waals surface area contributed by atoms with Crippen LogP contribution in [0.15, 0.2) is 394 Å². The molecule has 526 valence electrons. The highest BCUT2D eigenvalue weighted by molar-refractivity contribution is 7.00. The molecule has 2 aliphatic rings. The molecule has 0 unspecified atom stereocenters. The predicted octanol–water partition coefficient (Wildman–Crippen LogP) is 26.4. The van der Waals surface area contributed by atoms with Gasteiger partial charge in [-0.3, -0.25) is 0 Å². The number of hydrogen-bond acceptors (Lipinski definition) is 2. The van der Waals surface area contributed by atoms with E-state index in [9.17, 15) is 0 Å². The van der Waals surface area contributed by atoms with Gasteiger partial charge in [0.05, 0.1) is 44.5 Å². The molecule has 20 aromatic rings. The fourth-order valence-electron chi connectivity index (χ4n) is 18.7. The summed E-state index contributed by atoms with van der Waals surface area (Å²) in [5, 5.41) is 7.24. The van der Waals surface area contributed by atoms with Gasteiger partial charge >= 0.3 is 0 Å². The SMILES string of the molecule is CC(C)(C)c1cc2c3c(c1)N(c1c(-c4ccccc4)cc(-c4ccccc4)cc1-c1ccccc1)c1cc(-n4c5ccccc5c5ccc6c7ccccc7n(-c7ccccc7)c6c54)ccc1B3c1ccc(-n3c4ccccc4c4ccccc43)cc1N2c1c(-c2ccccc2)cc(-c2ccccc2)cc1-c1ccccc1. The van der Waals surface area contributed by atoms with E-state index in [0.29, 0.717) is 0 Å². The smallest absolute Gasteiger partial charge is 0.252 e. The average molecular weight is 1430 g/mol. The molecule has 22 rings (SSSR count). The van der Waals surface area contributed by atoms with Crippen LogP contribution in [0.25, 0.3) is 149 Å². The van der Waals surface area contributed by atoms with Crippen molar-refractivity contribution in [3.8, 4) is 83.8 Å². The van der Waals surface area contributed by atoms with Crippen LogP contribution in [0, 0.1) is 0 Å². The quantitative estimate of drug-likeness (QED) is 0.120. The van der Waals surface area contributed by atoms with E-state index >= 15 is 0 Å².